The minimum atomic E-state index is -4.71. The number of thioether (sulfide) groups is 1. The molecular weight excluding hydrogens is 432 g/mol. The van der Waals surface area contributed by atoms with Crippen molar-refractivity contribution < 1.29 is 22.4 Å². The molecule has 1 aromatic heterocycles. The molecular formula is C21H20F4N4OS. The molecule has 0 unspecified atom stereocenters. The van der Waals surface area contributed by atoms with E-state index in [0.717, 1.165) is 24.3 Å². The highest BCUT2D eigenvalue weighted by molar-refractivity contribution is 7.99. The second kappa shape index (κ2) is 9.66. The van der Waals surface area contributed by atoms with E-state index >= 15 is 0 Å². The van der Waals surface area contributed by atoms with Crippen LogP contribution in [0.3, 0.4) is 0 Å². The predicted molar refractivity (Wildman–Crippen MR) is 107 cm³/mol. The molecule has 31 heavy (non-hydrogen) atoms. The molecule has 1 saturated carbocycles. The number of aromatic nitrogens is 1. The van der Waals surface area contributed by atoms with Crippen LogP contribution in [0, 0.1) is 17.1 Å². The Morgan fingerprint density at radius 3 is 2.48 bits per heavy atom. The number of benzene rings is 1. The van der Waals surface area contributed by atoms with Crippen molar-refractivity contribution in [3.63, 3.8) is 0 Å². The summed E-state index contributed by atoms with van der Waals surface area (Å²) in [5.74, 6) is -0.997. The third kappa shape index (κ3) is 6.42. The van der Waals surface area contributed by atoms with E-state index in [-0.39, 0.29) is 12.0 Å². The zero-order valence-electron chi connectivity index (χ0n) is 16.3. The summed E-state index contributed by atoms with van der Waals surface area (Å²) in [7, 11) is 0. The summed E-state index contributed by atoms with van der Waals surface area (Å²) in [5.41, 5.74) is -1.21. The van der Waals surface area contributed by atoms with E-state index in [2.05, 4.69) is 15.6 Å². The average molecular weight is 452 g/mol. The Balaban J connectivity index is 1.76. The Morgan fingerprint density at radius 2 is 1.94 bits per heavy atom. The largest absolute Gasteiger partial charge is 0.407 e. The number of carbonyl (C=O) groups excluding carboxylic acids is 1. The van der Waals surface area contributed by atoms with E-state index in [0.29, 0.717) is 23.6 Å². The van der Waals surface area contributed by atoms with Crippen molar-refractivity contribution in [2.45, 2.75) is 48.1 Å². The van der Waals surface area contributed by atoms with Crippen LogP contribution in [0.1, 0.15) is 30.9 Å². The highest BCUT2D eigenvalue weighted by Gasteiger charge is 2.47. The van der Waals surface area contributed by atoms with Crippen LogP contribution in [0.15, 0.2) is 53.7 Å². The molecule has 2 N–H and O–H groups in total. The number of halogens is 4. The molecule has 164 valence electrons. The van der Waals surface area contributed by atoms with Gasteiger partial charge in [-0.25, -0.2) is 9.37 Å². The van der Waals surface area contributed by atoms with Gasteiger partial charge in [0, 0.05) is 11.9 Å². The van der Waals surface area contributed by atoms with E-state index in [9.17, 15) is 27.6 Å². The first kappa shape index (κ1) is 23.0. The molecule has 1 amide bonds. The molecule has 2 atom stereocenters. The second-order valence-electron chi connectivity index (χ2n) is 7.23. The van der Waals surface area contributed by atoms with Crippen LogP contribution in [0.2, 0.25) is 0 Å². The van der Waals surface area contributed by atoms with Gasteiger partial charge >= 0.3 is 6.18 Å². The molecule has 1 fully saturated rings. The van der Waals surface area contributed by atoms with Crippen LogP contribution in [-0.4, -0.2) is 34.4 Å². The Morgan fingerprint density at radius 1 is 1.23 bits per heavy atom. The van der Waals surface area contributed by atoms with Crippen LogP contribution in [0.5, 0.6) is 0 Å². The summed E-state index contributed by atoms with van der Waals surface area (Å²) >= 11 is 1.31. The summed E-state index contributed by atoms with van der Waals surface area (Å²) in [5, 5.41) is 14.9. The van der Waals surface area contributed by atoms with Crippen LogP contribution in [0.4, 0.5) is 17.6 Å². The zero-order valence-corrected chi connectivity index (χ0v) is 17.1. The summed E-state index contributed by atoms with van der Waals surface area (Å²) in [4.78, 5) is 16.9. The molecule has 0 spiro atoms. The number of nitrogens with one attached hydrogen (secondary N) is 2. The molecule has 0 aliphatic heterocycles. The van der Waals surface area contributed by atoms with Gasteiger partial charge in [0.1, 0.15) is 17.4 Å². The van der Waals surface area contributed by atoms with Crippen molar-refractivity contribution in [1.82, 2.24) is 15.6 Å². The Kier molecular flexibility index (Phi) is 7.18. The number of nitrogens with zero attached hydrogens (tertiary/aromatic N) is 2. The van der Waals surface area contributed by atoms with Crippen LogP contribution in [0.25, 0.3) is 0 Å². The fraction of sp³-hybridized carbons (Fsp3) is 0.381. The lowest BCUT2D eigenvalue weighted by Crippen LogP contribution is -2.51. The fourth-order valence-electron chi connectivity index (χ4n) is 2.95. The van der Waals surface area contributed by atoms with E-state index in [1.54, 1.807) is 24.4 Å². The van der Waals surface area contributed by atoms with Crippen LogP contribution in [-0.2, 0) is 4.79 Å². The number of pyridine rings is 1. The third-order valence-electron chi connectivity index (χ3n) is 4.84. The highest BCUT2D eigenvalue weighted by atomic mass is 32.2. The van der Waals surface area contributed by atoms with Crippen LogP contribution >= 0.6 is 11.8 Å². The topological polar surface area (TPSA) is 77.8 Å². The van der Waals surface area contributed by atoms with Crippen molar-refractivity contribution in [3.05, 3.63) is 60.0 Å². The zero-order chi connectivity index (χ0) is 22.5. The number of hydrogen-bond donors (Lipinski definition) is 2. The minimum Gasteiger partial charge on any atom is -0.336 e. The minimum absolute atomic E-state index is 0.0718. The monoisotopic (exact) mass is 452 g/mol. The lowest BCUT2D eigenvalue weighted by atomic mass is 10.0. The van der Waals surface area contributed by atoms with E-state index in [1.807, 2.05) is 6.07 Å². The first-order chi connectivity index (χ1) is 14.7. The predicted octanol–water partition coefficient (Wildman–Crippen LogP) is 4.14. The third-order valence-corrected chi connectivity index (χ3v) is 5.81. The molecule has 1 heterocycles. The van der Waals surface area contributed by atoms with Crippen molar-refractivity contribution in [2.24, 2.45) is 0 Å². The van der Waals surface area contributed by atoms with Gasteiger partial charge in [0.05, 0.1) is 17.1 Å². The van der Waals surface area contributed by atoms with Crippen molar-refractivity contribution in [2.75, 3.05) is 5.75 Å². The molecule has 0 saturated heterocycles. The van der Waals surface area contributed by atoms with E-state index in [1.165, 1.54) is 11.8 Å². The van der Waals surface area contributed by atoms with Gasteiger partial charge in [-0.1, -0.05) is 18.2 Å². The SMILES string of the molecule is N#CC1(NC(=O)[C@@H](CCSc2ccccn2)N[C@@H](c2ccc(F)cc2)C(F)(F)F)CC1. The molecule has 1 aromatic carbocycles. The fourth-order valence-corrected chi connectivity index (χ4v) is 3.83. The molecule has 1 aliphatic carbocycles. The maximum Gasteiger partial charge on any atom is 0.407 e. The highest BCUT2D eigenvalue weighted by Crippen LogP contribution is 2.36. The number of nitriles is 1. The number of carbonyl (C=O) groups is 1. The van der Waals surface area contributed by atoms with Gasteiger partial charge in [-0.3, -0.25) is 10.1 Å². The number of rotatable bonds is 9. The van der Waals surface area contributed by atoms with Crippen molar-refractivity contribution in [1.29, 1.82) is 5.26 Å². The second-order valence-corrected chi connectivity index (χ2v) is 8.35. The van der Waals surface area contributed by atoms with Gasteiger partial charge in [0.15, 0.2) is 0 Å². The molecule has 5 nitrogen and oxygen atoms in total. The van der Waals surface area contributed by atoms with E-state index in [4.69, 9.17) is 0 Å². The summed E-state index contributed by atoms with van der Waals surface area (Å²) < 4.78 is 54.5. The number of amides is 1. The summed E-state index contributed by atoms with van der Waals surface area (Å²) in [6.07, 6.45) is -2.11. The smallest absolute Gasteiger partial charge is 0.336 e. The van der Waals surface area contributed by atoms with Gasteiger partial charge in [-0.05, 0) is 49.1 Å². The maximum absolute atomic E-state index is 13.8. The van der Waals surface area contributed by atoms with Crippen molar-refractivity contribution in [3.8, 4) is 6.07 Å². The number of alkyl halides is 3. The first-order valence-corrected chi connectivity index (χ1v) is 10.6. The van der Waals surface area contributed by atoms with Crippen molar-refractivity contribution >= 4 is 17.7 Å². The normalized spacial score (nSPS) is 16.7. The Hall–Kier alpha value is -2.64. The molecule has 3 rings (SSSR count). The average Bonchev–Trinajstić information content (AvgIpc) is 3.51. The maximum atomic E-state index is 13.8. The summed E-state index contributed by atoms with van der Waals surface area (Å²) in [6, 6.07) is 7.88. The van der Waals surface area contributed by atoms with Gasteiger partial charge in [0.2, 0.25) is 5.91 Å². The Bertz CT molecular complexity index is 927. The standard InChI is InChI=1S/C21H20F4N4OS/c22-15-6-4-14(5-7-15)18(21(23,24)25)28-16(19(30)29-20(13-26)9-10-20)8-12-31-17-3-1-2-11-27-17/h1-7,11,16,18,28H,8-10,12H2,(H,29,30)/t16-,18+/m1/s1. The molecule has 1 aliphatic rings. The molecule has 0 bridgehead atoms. The lowest BCUT2D eigenvalue weighted by Gasteiger charge is -2.28. The molecule has 2 aromatic rings. The van der Waals surface area contributed by atoms with Gasteiger partial charge < -0.3 is 5.32 Å². The van der Waals surface area contributed by atoms with E-state index < -0.39 is 35.5 Å². The first-order valence-electron chi connectivity index (χ1n) is 9.58. The molecule has 0 radical (unpaired) electrons. The lowest BCUT2D eigenvalue weighted by molar-refractivity contribution is -0.161. The quantitative estimate of drug-likeness (QED) is 0.442. The van der Waals surface area contributed by atoms with Gasteiger partial charge in [-0.2, -0.15) is 18.4 Å². The number of hydrogen-bond acceptors (Lipinski definition) is 5. The summed E-state index contributed by atoms with van der Waals surface area (Å²) in [6.45, 7) is 0. The van der Waals surface area contributed by atoms with Crippen LogP contribution < -0.4 is 10.6 Å². The van der Waals surface area contributed by atoms with Gasteiger partial charge in [0.25, 0.3) is 0 Å². The molecule has 10 heteroatoms. The van der Waals surface area contributed by atoms with Gasteiger partial charge in [-0.15, -0.1) is 11.8 Å². The Labute approximate surface area is 181 Å².